The summed E-state index contributed by atoms with van der Waals surface area (Å²) < 4.78 is 33.4. The van der Waals surface area contributed by atoms with E-state index in [2.05, 4.69) is 16.1 Å². The average Bonchev–Trinajstić information content (AvgIpc) is 3.67. The van der Waals surface area contributed by atoms with Crippen LogP contribution in [-0.4, -0.2) is 20.9 Å². The molecule has 0 unspecified atom stereocenters. The minimum Gasteiger partial charge on any atom is -0.489 e. The number of nitriles is 1. The average molecular weight is 462 g/mol. The topological polar surface area (TPSA) is 108 Å². The van der Waals surface area contributed by atoms with E-state index in [9.17, 15) is 13.2 Å². The number of hydrogen-bond donors (Lipinski definition) is 2. The molecule has 0 aromatic heterocycles. The molecule has 1 fully saturated rings. The Hall–Kier alpha value is -3.67. The molecule has 0 radical (unpaired) electrons. The Morgan fingerprint density at radius 3 is 2.61 bits per heavy atom. The van der Waals surface area contributed by atoms with Crippen molar-refractivity contribution < 1.29 is 17.9 Å². The smallest absolute Gasteiger partial charge is 0.255 e. The molecule has 1 aliphatic rings. The van der Waals surface area contributed by atoms with Gasteiger partial charge in [0.25, 0.3) is 5.91 Å². The van der Waals surface area contributed by atoms with Crippen LogP contribution in [0.5, 0.6) is 5.75 Å². The Morgan fingerprint density at radius 2 is 1.82 bits per heavy atom. The van der Waals surface area contributed by atoms with Crippen LogP contribution in [0.25, 0.3) is 0 Å². The second kappa shape index (κ2) is 9.86. The zero-order valence-electron chi connectivity index (χ0n) is 17.8. The fourth-order valence-corrected chi connectivity index (χ4v) is 4.36. The van der Waals surface area contributed by atoms with Gasteiger partial charge in [0.1, 0.15) is 12.4 Å². The van der Waals surface area contributed by atoms with E-state index in [1.165, 1.54) is 12.1 Å². The molecular weight excluding hydrogens is 438 g/mol. The normalized spacial score (nSPS) is 13.2. The van der Waals surface area contributed by atoms with Gasteiger partial charge in [0, 0.05) is 23.9 Å². The summed E-state index contributed by atoms with van der Waals surface area (Å²) in [6.07, 6.45) is 2.08. The van der Waals surface area contributed by atoms with Crippen molar-refractivity contribution in [3.8, 4) is 11.8 Å². The molecule has 4 rings (SSSR count). The summed E-state index contributed by atoms with van der Waals surface area (Å²) in [4.78, 5) is 12.8. The van der Waals surface area contributed by atoms with Gasteiger partial charge in [-0.25, -0.2) is 13.1 Å². The first-order chi connectivity index (χ1) is 15.9. The van der Waals surface area contributed by atoms with Crippen LogP contribution in [0.2, 0.25) is 0 Å². The van der Waals surface area contributed by atoms with Gasteiger partial charge in [0.2, 0.25) is 10.0 Å². The van der Waals surface area contributed by atoms with Crippen molar-refractivity contribution in [2.75, 3.05) is 11.9 Å². The van der Waals surface area contributed by atoms with E-state index >= 15 is 0 Å². The number of anilines is 1. The highest BCUT2D eigenvalue weighted by Gasteiger charge is 2.24. The van der Waals surface area contributed by atoms with Crippen LogP contribution in [0.3, 0.4) is 0 Å². The number of nitrogens with one attached hydrogen (secondary N) is 2. The number of carbonyl (C=O) groups excluding carboxylic acids is 1. The number of sulfonamides is 1. The van der Waals surface area contributed by atoms with Gasteiger partial charge in [-0.2, -0.15) is 5.26 Å². The quantitative estimate of drug-likeness (QED) is 0.499. The maximum atomic E-state index is 12.7. The Morgan fingerprint density at radius 1 is 1.03 bits per heavy atom. The summed E-state index contributed by atoms with van der Waals surface area (Å²) >= 11 is 0. The highest BCUT2D eigenvalue weighted by molar-refractivity contribution is 7.89. The Kier molecular flexibility index (Phi) is 6.73. The van der Waals surface area contributed by atoms with Crippen LogP contribution >= 0.6 is 0 Å². The Labute approximate surface area is 193 Å². The summed E-state index contributed by atoms with van der Waals surface area (Å²) in [5.41, 5.74) is 2.17. The summed E-state index contributed by atoms with van der Waals surface area (Å²) in [6.45, 7) is 0.701. The highest BCUT2D eigenvalue weighted by Crippen LogP contribution is 2.28. The van der Waals surface area contributed by atoms with Crippen LogP contribution in [0.1, 0.15) is 34.3 Å². The highest BCUT2D eigenvalue weighted by atomic mass is 32.2. The SMILES string of the molecule is N#Cc1cccc(COc2cccc(NC(=O)c3cccc(S(=O)(=O)NCC4CC4)c3)c2)c1. The predicted octanol–water partition coefficient (Wildman–Crippen LogP) is 4.08. The first-order valence-corrected chi connectivity index (χ1v) is 12.0. The van der Waals surface area contributed by atoms with E-state index in [-0.39, 0.29) is 17.1 Å². The fourth-order valence-electron chi connectivity index (χ4n) is 3.20. The van der Waals surface area contributed by atoms with Crippen LogP contribution in [0.15, 0.2) is 77.7 Å². The Balaban J connectivity index is 1.40. The van der Waals surface area contributed by atoms with Crippen molar-refractivity contribution in [3.63, 3.8) is 0 Å². The predicted molar refractivity (Wildman–Crippen MR) is 124 cm³/mol. The largest absolute Gasteiger partial charge is 0.489 e. The third kappa shape index (κ3) is 6.19. The maximum Gasteiger partial charge on any atom is 0.255 e. The van der Waals surface area contributed by atoms with Crippen LogP contribution < -0.4 is 14.8 Å². The van der Waals surface area contributed by atoms with Gasteiger partial charge in [-0.05, 0) is 66.8 Å². The fraction of sp³-hybridized carbons (Fsp3) is 0.200. The molecule has 0 atom stereocenters. The summed E-state index contributed by atoms with van der Waals surface area (Å²) in [5.74, 6) is 0.542. The van der Waals surface area contributed by atoms with Crippen molar-refractivity contribution >= 4 is 21.6 Å². The third-order valence-corrected chi connectivity index (χ3v) is 6.64. The zero-order valence-corrected chi connectivity index (χ0v) is 18.6. The van der Waals surface area contributed by atoms with Gasteiger partial charge in [0.15, 0.2) is 0 Å². The number of benzene rings is 3. The Bertz CT molecular complexity index is 1310. The molecule has 1 aliphatic carbocycles. The van der Waals surface area contributed by atoms with Crippen LogP contribution in [0, 0.1) is 17.2 Å². The second-order valence-electron chi connectivity index (χ2n) is 7.91. The molecule has 168 valence electrons. The molecule has 8 heteroatoms. The number of amides is 1. The third-order valence-electron chi connectivity index (χ3n) is 5.22. The van der Waals surface area contributed by atoms with E-state index < -0.39 is 15.9 Å². The minimum atomic E-state index is -3.66. The lowest BCUT2D eigenvalue weighted by Crippen LogP contribution is -2.26. The first kappa shape index (κ1) is 22.5. The van der Waals surface area contributed by atoms with Crippen LogP contribution in [0.4, 0.5) is 5.69 Å². The molecule has 33 heavy (non-hydrogen) atoms. The molecule has 1 amide bonds. The molecule has 0 spiro atoms. The molecule has 0 aliphatic heterocycles. The van der Waals surface area contributed by atoms with E-state index in [1.807, 2.05) is 6.07 Å². The van der Waals surface area contributed by atoms with Crippen molar-refractivity contribution in [1.29, 1.82) is 5.26 Å². The van der Waals surface area contributed by atoms with E-state index in [0.717, 1.165) is 18.4 Å². The molecule has 0 heterocycles. The van der Waals surface area contributed by atoms with Crippen molar-refractivity contribution in [2.45, 2.75) is 24.3 Å². The van der Waals surface area contributed by atoms with Crippen molar-refractivity contribution in [3.05, 3.63) is 89.5 Å². The molecule has 2 N–H and O–H groups in total. The summed E-state index contributed by atoms with van der Waals surface area (Å²) in [6, 6.07) is 22.1. The van der Waals surface area contributed by atoms with Gasteiger partial charge in [0.05, 0.1) is 16.5 Å². The zero-order chi connectivity index (χ0) is 23.3. The van der Waals surface area contributed by atoms with Gasteiger partial charge in [-0.15, -0.1) is 0 Å². The number of ether oxygens (including phenoxy) is 1. The van der Waals surface area contributed by atoms with E-state index in [4.69, 9.17) is 10.00 Å². The maximum absolute atomic E-state index is 12.7. The van der Waals surface area contributed by atoms with Crippen molar-refractivity contribution in [1.82, 2.24) is 4.72 Å². The minimum absolute atomic E-state index is 0.0625. The first-order valence-electron chi connectivity index (χ1n) is 10.6. The molecule has 3 aromatic rings. The molecule has 0 bridgehead atoms. The number of hydrogen-bond acceptors (Lipinski definition) is 5. The lowest BCUT2D eigenvalue weighted by molar-refractivity contribution is 0.102. The van der Waals surface area contributed by atoms with E-state index in [1.54, 1.807) is 54.6 Å². The van der Waals surface area contributed by atoms with Gasteiger partial charge >= 0.3 is 0 Å². The molecule has 3 aromatic carbocycles. The lowest BCUT2D eigenvalue weighted by Gasteiger charge is -2.11. The van der Waals surface area contributed by atoms with Crippen molar-refractivity contribution in [2.24, 2.45) is 5.92 Å². The summed E-state index contributed by atoms with van der Waals surface area (Å²) in [5, 5.41) is 11.8. The molecule has 7 nitrogen and oxygen atoms in total. The van der Waals surface area contributed by atoms with E-state index in [0.29, 0.717) is 29.5 Å². The standard InChI is InChI=1S/C25H23N3O4S/c26-15-19-4-1-5-20(12-19)17-32-23-8-3-7-22(14-23)28-25(29)21-6-2-9-24(13-21)33(30,31)27-16-18-10-11-18/h1-9,12-14,18,27H,10-11,16-17H2,(H,28,29). The summed E-state index contributed by atoms with van der Waals surface area (Å²) in [7, 11) is -3.66. The molecule has 1 saturated carbocycles. The van der Waals surface area contributed by atoms with Gasteiger partial charge in [-0.3, -0.25) is 4.79 Å². The molecule has 0 saturated heterocycles. The van der Waals surface area contributed by atoms with Gasteiger partial charge < -0.3 is 10.1 Å². The molecular formula is C25H23N3O4S. The van der Waals surface area contributed by atoms with Crippen LogP contribution in [-0.2, 0) is 16.6 Å². The number of rotatable bonds is 9. The number of nitrogens with zero attached hydrogens (tertiary/aromatic N) is 1. The lowest BCUT2D eigenvalue weighted by atomic mass is 10.1. The number of carbonyl (C=O) groups is 1. The monoisotopic (exact) mass is 461 g/mol. The van der Waals surface area contributed by atoms with Gasteiger partial charge in [-0.1, -0.05) is 24.3 Å². The second-order valence-corrected chi connectivity index (χ2v) is 9.67.